The molecular formula is C16H10F3NO2S2. The van der Waals surface area contributed by atoms with Gasteiger partial charge in [-0.1, -0.05) is 12.1 Å². The largest absolute Gasteiger partial charge is 0.416 e. The number of thiazole rings is 1. The molecule has 0 radical (unpaired) electrons. The van der Waals surface area contributed by atoms with Gasteiger partial charge in [0, 0.05) is 0 Å². The van der Waals surface area contributed by atoms with Gasteiger partial charge >= 0.3 is 12.1 Å². The first-order chi connectivity index (χ1) is 11.3. The highest BCUT2D eigenvalue weighted by Crippen LogP contribution is 2.35. The van der Waals surface area contributed by atoms with Crippen LogP contribution in [0.15, 0.2) is 41.8 Å². The average Bonchev–Trinajstić information content (AvgIpc) is 3.17. The van der Waals surface area contributed by atoms with Crippen molar-refractivity contribution in [1.29, 1.82) is 0 Å². The lowest BCUT2D eigenvalue weighted by atomic mass is 10.1. The first-order valence-electron chi connectivity index (χ1n) is 6.75. The van der Waals surface area contributed by atoms with E-state index in [0.29, 0.717) is 9.88 Å². The molecule has 2 aromatic heterocycles. The van der Waals surface area contributed by atoms with Crippen LogP contribution in [0.1, 0.15) is 20.8 Å². The number of hydrogen-bond donors (Lipinski definition) is 0. The quantitative estimate of drug-likeness (QED) is 0.579. The van der Waals surface area contributed by atoms with Gasteiger partial charge in [-0.05, 0) is 36.6 Å². The number of rotatable bonds is 3. The van der Waals surface area contributed by atoms with Crippen LogP contribution in [0.3, 0.4) is 0 Å². The Bertz CT molecular complexity index is 870. The molecule has 0 saturated carbocycles. The lowest BCUT2D eigenvalue weighted by Gasteiger charge is -2.08. The number of carbonyl (C=O) groups is 1. The van der Waals surface area contributed by atoms with Gasteiger partial charge in [0.1, 0.15) is 5.01 Å². The maximum atomic E-state index is 12.7. The van der Waals surface area contributed by atoms with Crippen molar-refractivity contribution in [2.75, 3.05) is 0 Å². The number of hydrogen-bond acceptors (Lipinski definition) is 5. The zero-order valence-corrected chi connectivity index (χ0v) is 13.9. The van der Waals surface area contributed by atoms with E-state index in [-0.39, 0.29) is 11.4 Å². The fraction of sp³-hybridized carbons (Fsp3) is 0.125. The van der Waals surface area contributed by atoms with Crippen molar-refractivity contribution in [3.8, 4) is 15.8 Å². The summed E-state index contributed by atoms with van der Waals surface area (Å²) >= 11 is 2.86. The summed E-state index contributed by atoms with van der Waals surface area (Å²) in [5.41, 5.74) is -1.07. The third kappa shape index (κ3) is 3.49. The minimum absolute atomic E-state index is 0.116. The molecule has 24 heavy (non-hydrogen) atoms. The van der Waals surface area contributed by atoms with Crippen LogP contribution in [-0.2, 0) is 6.18 Å². The number of thiophene rings is 1. The minimum Gasteiger partial charge on any atom is -0.403 e. The summed E-state index contributed by atoms with van der Waals surface area (Å²) in [6, 6.07) is 7.89. The van der Waals surface area contributed by atoms with Gasteiger partial charge in [-0.25, -0.2) is 9.78 Å². The molecule has 3 nitrogen and oxygen atoms in total. The highest BCUT2D eigenvalue weighted by atomic mass is 32.1. The van der Waals surface area contributed by atoms with Crippen molar-refractivity contribution < 1.29 is 22.7 Å². The highest BCUT2D eigenvalue weighted by Gasteiger charge is 2.31. The van der Waals surface area contributed by atoms with Crippen molar-refractivity contribution in [3.63, 3.8) is 0 Å². The zero-order valence-electron chi connectivity index (χ0n) is 12.3. The number of alkyl halides is 3. The van der Waals surface area contributed by atoms with Crippen molar-refractivity contribution >= 4 is 28.6 Å². The Kier molecular flexibility index (Phi) is 4.42. The Morgan fingerprint density at radius 3 is 2.67 bits per heavy atom. The number of ether oxygens (including phenoxy) is 1. The lowest BCUT2D eigenvalue weighted by molar-refractivity contribution is -0.137. The van der Waals surface area contributed by atoms with Gasteiger partial charge in [-0.15, -0.1) is 22.7 Å². The van der Waals surface area contributed by atoms with Gasteiger partial charge in [0.15, 0.2) is 0 Å². The molecule has 3 rings (SSSR count). The smallest absolute Gasteiger partial charge is 0.403 e. The summed E-state index contributed by atoms with van der Waals surface area (Å²) in [5.74, 6) is -0.752. The molecule has 1 aromatic carbocycles. The molecule has 0 atom stereocenters. The topological polar surface area (TPSA) is 39.2 Å². The number of nitrogens with zero attached hydrogens (tertiary/aromatic N) is 1. The highest BCUT2D eigenvalue weighted by molar-refractivity contribution is 7.21. The van der Waals surface area contributed by atoms with Gasteiger partial charge in [-0.3, -0.25) is 0 Å². The number of carbonyl (C=O) groups excluding carboxylic acids is 1. The molecule has 2 heterocycles. The molecule has 0 aliphatic rings. The Labute approximate surface area is 143 Å². The van der Waals surface area contributed by atoms with Gasteiger partial charge in [0.25, 0.3) is 0 Å². The van der Waals surface area contributed by atoms with E-state index in [1.54, 1.807) is 6.92 Å². The lowest BCUT2D eigenvalue weighted by Crippen LogP contribution is -2.12. The summed E-state index contributed by atoms with van der Waals surface area (Å²) in [6.45, 7) is 1.74. The molecule has 0 N–H and O–H groups in total. The third-order valence-corrected chi connectivity index (χ3v) is 5.09. The van der Waals surface area contributed by atoms with E-state index in [1.807, 2.05) is 17.5 Å². The maximum Gasteiger partial charge on any atom is 0.416 e. The Morgan fingerprint density at radius 2 is 2.00 bits per heavy atom. The van der Waals surface area contributed by atoms with Crippen LogP contribution < -0.4 is 4.74 Å². The van der Waals surface area contributed by atoms with E-state index in [2.05, 4.69) is 4.98 Å². The van der Waals surface area contributed by atoms with Crippen LogP contribution in [0.5, 0.6) is 5.88 Å². The maximum absolute atomic E-state index is 12.7. The molecular weight excluding hydrogens is 359 g/mol. The Hall–Kier alpha value is -2.19. The number of aromatic nitrogens is 1. The predicted octanol–water partition coefficient (Wildman–Crippen LogP) is 5.42. The Balaban J connectivity index is 1.83. The van der Waals surface area contributed by atoms with Crippen molar-refractivity contribution in [2.45, 2.75) is 13.1 Å². The van der Waals surface area contributed by atoms with E-state index < -0.39 is 17.7 Å². The van der Waals surface area contributed by atoms with Crippen LogP contribution in [0, 0.1) is 6.92 Å². The molecule has 0 spiro atoms. The molecule has 3 aromatic rings. The number of aryl methyl sites for hydroxylation is 1. The second kappa shape index (κ2) is 6.37. The molecule has 0 aliphatic heterocycles. The van der Waals surface area contributed by atoms with Crippen LogP contribution in [-0.4, -0.2) is 11.0 Å². The fourth-order valence-electron chi connectivity index (χ4n) is 1.95. The van der Waals surface area contributed by atoms with E-state index in [0.717, 1.165) is 17.0 Å². The van der Waals surface area contributed by atoms with E-state index >= 15 is 0 Å². The van der Waals surface area contributed by atoms with Crippen LogP contribution >= 0.6 is 22.7 Å². The predicted molar refractivity (Wildman–Crippen MR) is 86.6 cm³/mol. The Morgan fingerprint density at radius 1 is 1.21 bits per heavy atom. The molecule has 8 heteroatoms. The molecule has 0 bridgehead atoms. The average molecular weight is 369 g/mol. The van der Waals surface area contributed by atoms with Crippen LogP contribution in [0.4, 0.5) is 13.2 Å². The first kappa shape index (κ1) is 16.7. The molecule has 0 fully saturated rings. The van der Waals surface area contributed by atoms with Gasteiger partial charge in [-0.2, -0.15) is 13.2 Å². The number of esters is 1. The standard InChI is InChI=1S/C16H10F3NO2S2/c1-9-13(20-14(24-9)12-6-3-7-23-12)22-15(21)10-4-2-5-11(8-10)16(17,18)19/h2-8H,1H3. The van der Waals surface area contributed by atoms with E-state index in [1.165, 1.54) is 34.8 Å². The molecule has 0 saturated heterocycles. The first-order valence-corrected chi connectivity index (χ1v) is 8.45. The molecule has 124 valence electrons. The number of halogens is 3. The SMILES string of the molecule is Cc1sc(-c2cccs2)nc1OC(=O)c1cccc(C(F)(F)F)c1. The van der Waals surface area contributed by atoms with Gasteiger partial charge < -0.3 is 4.74 Å². The van der Waals surface area contributed by atoms with Crippen LogP contribution in [0.25, 0.3) is 9.88 Å². The van der Waals surface area contributed by atoms with Crippen molar-refractivity contribution in [1.82, 2.24) is 4.98 Å². The second-order valence-corrected chi connectivity index (χ2v) is 6.98. The summed E-state index contributed by atoms with van der Waals surface area (Å²) < 4.78 is 43.3. The second-order valence-electron chi connectivity index (χ2n) is 4.83. The monoisotopic (exact) mass is 369 g/mol. The minimum atomic E-state index is -4.51. The number of benzene rings is 1. The molecule has 0 aliphatic carbocycles. The normalized spacial score (nSPS) is 11.5. The van der Waals surface area contributed by atoms with Gasteiger partial charge in [0.05, 0.1) is 20.9 Å². The summed E-state index contributed by atoms with van der Waals surface area (Å²) in [5, 5.41) is 2.61. The molecule has 0 unspecified atom stereocenters. The third-order valence-electron chi connectivity index (χ3n) is 3.10. The van der Waals surface area contributed by atoms with Crippen molar-refractivity contribution in [3.05, 3.63) is 57.8 Å². The zero-order chi connectivity index (χ0) is 17.3. The van der Waals surface area contributed by atoms with E-state index in [4.69, 9.17) is 4.74 Å². The van der Waals surface area contributed by atoms with Gasteiger partial charge in [0.2, 0.25) is 5.88 Å². The summed E-state index contributed by atoms with van der Waals surface area (Å²) in [4.78, 5) is 18.0. The van der Waals surface area contributed by atoms with Crippen LogP contribution in [0.2, 0.25) is 0 Å². The summed E-state index contributed by atoms with van der Waals surface area (Å²) in [7, 11) is 0. The van der Waals surface area contributed by atoms with E-state index in [9.17, 15) is 18.0 Å². The van der Waals surface area contributed by atoms with Crippen molar-refractivity contribution in [2.24, 2.45) is 0 Å². The summed E-state index contributed by atoms with van der Waals surface area (Å²) in [6.07, 6.45) is -4.51. The fourth-order valence-corrected chi connectivity index (χ4v) is 3.59. The molecule has 0 amide bonds.